The second kappa shape index (κ2) is 8.13. The molecule has 3 aromatic rings. The molecule has 7 heteroatoms. The summed E-state index contributed by atoms with van der Waals surface area (Å²) in [6.45, 7) is 2.32. The fraction of sp³-hybridized carbons (Fsp3) is 0.174. The highest BCUT2D eigenvalue weighted by Gasteiger charge is 2.28. The second-order valence-electron chi connectivity index (χ2n) is 7.25. The van der Waals surface area contributed by atoms with Gasteiger partial charge >= 0.3 is 0 Å². The van der Waals surface area contributed by atoms with Gasteiger partial charge in [-0.15, -0.1) is 0 Å². The van der Waals surface area contributed by atoms with Gasteiger partial charge in [-0.1, -0.05) is 35.9 Å². The molecule has 0 saturated heterocycles. The normalized spacial score (nSPS) is 13.6. The van der Waals surface area contributed by atoms with Gasteiger partial charge in [-0.3, -0.25) is 9.10 Å². The van der Waals surface area contributed by atoms with E-state index in [1.165, 1.54) is 28.6 Å². The lowest BCUT2D eigenvalue weighted by molar-refractivity contribution is 0.102. The number of halogens is 1. The number of benzene rings is 3. The third-order valence-corrected chi connectivity index (χ3v) is 7.44. The Balaban J connectivity index is 1.56. The molecule has 0 aromatic heterocycles. The maximum atomic E-state index is 13.2. The number of anilines is 2. The number of rotatable bonds is 4. The van der Waals surface area contributed by atoms with E-state index in [-0.39, 0.29) is 10.8 Å². The van der Waals surface area contributed by atoms with Crippen LogP contribution in [0.3, 0.4) is 0 Å². The van der Waals surface area contributed by atoms with Crippen LogP contribution < -0.4 is 9.62 Å². The van der Waals surface area contributed by atoms with Gasteiger partial charge in [0, 0.05) is 22.8 Å². The lowest BCUT2D eigenvalue weighted by Crippen LogP contribution is -2.35. The SMILES string of the molecule is Cc1ccc(NC(=O)c2ccc(S(=O)(=O)N3CCCc4ccccc43)cc2)cc1Cl. The van der Waals surface area contributed by atoms with E-state index >= 15 is 0 Å². The summed E-state index contributed by atoms with van der Waals surface area (Å²) < 4.78 is 27.9. The summed E-state index contributed by atoms with van der Waals surface area (Å²) in [5, 5.41) is 3.34. The molecule has 1 aliphatic heterocycles. The van der Waals surface area contributed by atoms with Gasteiger partial charge < -0.3 is 5.32 Å². The van der Waals surface area contributed by atoms with E-state index in [0.717, 1.165) is 29.7 Å². The molecule has 0 spiro atoms. The topological polar surface area (TPSA) is 66.5 Å². The van der Waals surface area contributed by atoms with Crippen LogP contribution in [0, 0.1) is 6.92 Å². The zero-order valence-corrected chi connectivity index (χ0v) is 18.0. The molecule has 1 amide bonds. The first-order valence-corrected chi connectivity index (χ1v) is 11.5. The van der Waals surface area contributed by atoms with Crippen molar-refractivity contribution in [1.29, 1.82) is 0 Å². The summed E-state index contributed by atoms with van der Waals surface area (Å²) >= 11 is 6.10. The molecule has 1 N–H and O–H groups in total. The number of aryl methyl sites for hydroxylation is 2. The molecule has 1 aliphatic rings. The van der Waals surface area contributed by atoms with Gasteiger partial charge in [0.1, 0.15) is 0 Å². The van der Waals surface area contributed by atoms with Crippen LogP contribution in [0.25, 0.3) is 0 Å². The second-order valence-corrected chi connectivity index (χ2v) is 9.52. The minimum absolute atomic E-state index is 0.161. The summed E-state index contributed by atoms with van der Waals surface area (Å²) in [6, 6.07) is 18.8. The zero-order chi connectivity index (χ0) is 21.3. The Morgan fingerprint density at radius 3 is 2.50 bits per heavy atom. The standard InChI is InChI=1S/C23H21ClN2O3S/c1-16-8-11-19(15-21(16)24)25-23(27)18-9-12-20(13-10-18)30(28,29)26-14-4-6-17-5-2-3-7-22(17)26/h2-3,5,7-13,15H,4,6,14H2,1H3,(H,25,27). The number of nitrogens with one attached hydrogen (secondary N) is 1. The number of hydrogen-bond acceptors (Lipinski definition) is 3. The van der Waals surface area contributed by atoms with Crippen molar-refractivity contribution in [2.45, 2.75) is 24.7 Å². The highest BCUT2D eigenvalue weighted by molar-refractivity contribution is 7.92. The van der Waals surface area contributed by atoms with E-state index in [1.54, 1.807) is 12.1 Å². The number of carbonyl (C=O) groups is 1. The van der Waals surface area contributed by atoms with Gasteiger partial charge in [0.2, 0.25) is 0 Å². The maximum absolute atomic E-state index is 13.2. The lowest BCUT2D eigenvalue weighted by atomic mass is 10.0. The van der Waals surface area contributed by atoms with Crippen LogP contribution in [0.1, 0.15) is 27.9 Å². The number of fused-ring (bicyclic) bond motifs is 1. The van der Waals surface area contributed by atoms with Gasteiger partial charge in [0.05, 0.1) is 10.6 Å². The minimum Gasteiger partial charge on any atom is -0.322 e. The van der Waals surface area contributed by atoms with E-state index < -0.39 is 10.0 Å². The molecular weight excluding hydrogens is 420 g/mol. The largest absolute Gasteiger partial charge is 0.322 e. The molecule has 154 valence electrons. The summed E-state index contributed by atoms with van der Waals surface area (Å²) in [4.78, 5) is 12.7. The fourth-order valence-corrected chi connectivity index (χ4v) is 5.25. The molecule has 5 nitrogen and oxygen atoms in total. The Bertz CT molecular complexity index is 1210. The van der Waals surface area contributed by atoms with Gasteiger partial charge in [-0.2, -0.15) is 0 Å². The smallest absolute Gasteiger partial charge is 0.264 e. The Kier molecular flexibility index (Phi) is 5.54. The van der Waals surface area contributed by atoms with Crippen molar-refractivity contribution in [2.75, 3.05) is 16.2 Å². The molecule has 30 heavy (non-hydrogen) atoms. The first kappa shape index (κ1) is 20.4. The van der Waals surface area contributed by atoms with E-state index in [0.29, 0.717) is 22.8 Å². The van der Waals surface area contributed by atoms with Crippen LogP contribution >= 0.6 is 11.6 Å². The van der Waals surface area contributed by atoms with Crippen molar-refractivity contribution in [1.82, 2.24) is 0 Å². The van der Waals surface area contributed by atoms with Gasteiger partial charge in [-0.25, -0.2) is 8.42 Å². The lowest BCUT2D eigenvalue weighted by Gasteiger charge is -2.30. The van der Waals surface area contributed by atoms with Crippen molar-refractivity contribution in [2.24, 2.45) is 0 Å². The summed E-state index contributed by atoms with van der Waals surface area (Å²) in [5.41, 5.74) is 3.62. The highest BCUT2D eigenvalue weighted by atomic mass is 35.5. The first-order chi connectivity index (χ1) is 14.4. The predicted molar refractivity (Wildman–Crippen MR) is 120 cm³/mol. The quantitative estimate of drug-likeness (QED) is 0.617. The van der Waals surface area contributed by atoms with E-state index in [4.69, 9.17) is 11.6 Å². The Hall–Kier alpha value is -2.83. The molecule has 0 unspecified atom stereocenters. The number of sulfonamides is 1. The average Bonchev–Trinajstić information content (AvgIpc) is 2.76. The minimum atomic E-state index is -3.70. The molecular formula is C23H21ClN2O3S. The Morgan fingerprint density at radius 1 is 1.03 bits per heavy atom. The molecule has 0 radical (unpaired) electrons. The van der Waals surface area contributed by atoms with E-state index in [2.05, 4.69) is 5.32 Å². The molecule has 1 heterocycles. The molecule has 0 bridgehead atoms. The molecule has 0 saturated carbocycles. The summed E-state index contributed by atoms with van der Waals surface area (Å²) in [5.74, 6) is -0.331. The number of nitrogens with zero attached hydrogens (tertiary/aromatic N) is 1. The summed E-state index contributed by atoms with van der Waals surface area (Å²) in [6.07, 6.45) is 1.64. The van der Waals surface area contributed by atoms with Crippen molar-refractivity contribution < 1.29 is 13.2 Å². The van der Waals surface area contributed by atoms with Gasteiger partial charge in [0.25, 0.3) is 15.9 Å². The molecule has 3 aromatic carbocycles. The highest BCUT2D eigenvalue weighted by Crippen LogP contribution is 2.31. The Morgan fingerprint density at radius 2 is 1.77 bits per heavy atom. The van der Waals surface area contributed by atoms with E-state index in [9.17, 15) is 13.2 Å². The third-order valence-electron chi connectivity index (χ3n) is 5.20. The molecule has 0 fully saturated rings. The van der Waals surface area contributed by atoms with Crippen molar-refractivity contribution in [3.05, 3.63) is 88.4 Å². The number of amides is 1. The fourth-order valence-electron chi connectivity index (χ4n) is 3.53. The van der Waals surface area contributed by atoms with Gasteiger partial charge in [-0.05, 0) is 73.4 Å². The van der Waals surface area contributed by atoms with Crippen LogP contribution in [-0.4, -0.2) is 20.9 Å². The number of hydrogen-bond donors (Lipinski definition) is 1. The first-order valence-electron chi connectivity index (χ1n) is 9.64. The predicted octanol–water partition coefficient (Wildman–Crippen LogP) is 5.04. The monoisotopic (exact) mass is 440 g/mol. The third kappa shape index (κ3) is 3.93. The van der Waals surface area contributed by atoms with Gasteiger partial charge in [0.15, 0.2) is 0 Å². The number of para-hydroxylation sites is 1. The molecule has 4 rings (SSSR count). The zero-order valence-electron chi connectivity index (χ0n) is 16.4. The molecule has 0 aliphatic carbocycles. The van der Waals surface area contributed by atoms with Crippen molar-refractivity contribution in [3.63, 3.8) is 0 Å². The van der Waals surface area contributed by atoms with Crippen LogP contribution in [0.2, 0.25) is 5.02 Å². The van der Waals surface area contributed by atoms with Crippen molar-refractivity contribution in [3.8, 4) is 0 Å². The maximum Gasteiger partial charge on any atom is 0.264 e. The van der Waals surface area contributed by atoms with Crippen LogP contribution in [-0.2, 0) is 16.4 Å². The Labute approximate surface area is 181 Å². The van der Waals surface area contributed by atoms with E-state index in [1.807, 2.05) is 37.3 Å². The van der Waals surface area contributed by atoms with Crippen LogP contribution in [0.15, 0.2) is 71.6 Å². The number of carbonyl (C=O) groups excluding carboxylic acids is 1. The van der Waals surface area contributed by atoms with Crippen LogP contribution in [0.5, 0.6) is 0 Å². The molecule has 0 atom stereocenters. The van der Waals surface area contributed by atoms with Crippen molar-refractivity contribution >= 4 is 38.9 Å². The van der Waals surface area contributed by atoms with Crippen LogP contribution in [0.4, 0.5) is 11.4 Å². The summed E-state index contributed by atoms with van der Waals surface area (Å²) in [7, 11) is -3.70. The average molecular weight is 441 g/mol.